The van der Waals surface area contributed by atoms with Crippen molar-refractivity contribution in [2.75, 3.05) is 0 Å². The van der Waals surface area contributed by atoms with Crippen LogP contribution in [0.3, 0.4) is 0 Å². The Kier molecular flexibility index (Phi) is 4.42. The summed E-state index contributed by atoms with van der Waals surface area (Å²) < 4.78 is 39.0. The molecule has 0 aliphatic heterocycles. The molecule has 25 heavy (non-hydrogen) atoms. The van der Waals surface area contributed by atoms with Gasteiger partial charge in [-0.2, -0.15) is 13.2 Å². The van der Waals surface area contributed by atoms with Crippen LogP contribution in [0.25, 0.3) is 11.8 Å². The first kappa shape index (κ1) is 16.6. The highest BCUT2D eigenvalue weighted by molar-refractivity contribution is 6.07. The van der Waals surface area contributed by atoms with Crippen molar-refractivity contribution < 1.29 is 18.0 Å². The van der Waals surface area contributed by atoms with E-state index in [1.54, 1.807) is 24.3 Å². The minimum absolute atomic E-state index is 0.283. The Balaban J connectivity index is 1.76. The van der Waals surface area contributed by atoms with Crippen LogP contribution in [0.4, 0.5) is 13.2 Å². The lowest BCUT2D eigenvalue weighted by atomic mass is 10.1. The van der Waals surface area contributed by atoms with Crippen molar-refractivity contribution in [3.8, 4) is 5.69 Å². The summed E-state index contributed by atoms with van der Waals surface area (Å²) in [7, 11) is 0. The maximum absolute atomic E-state index is 12.5. The fourth-order valence-corrected chi connectivity index (χ4v) is 2.13. The minimum atomic E-state index is -4.38. The van der Waals surface area contributed by atoms with E-state index in [1.807, 2.05) is 0 Å². The molecule has 0 amide bonds. The summed E-state index contributed by atoms with van der Waals surface area (Å²) in [4.78, 5) is 12.2. The summed E-state index contributed by atoms with van der Waals surface area (Å²) in [6, 6.07) is 11.3. The number of allylic oxidation sites excluding steroid dienone is 1. The molecule has 2 aromatic carbocycles. The van der Waals surface area contributed by atoms with Crippen molar-refractivity contribution in [2.24, 2.45) is 0 Å². The molecule has 0 N–H and O–H groups in total. The van der Waals surface area contributed by atoms with Crippen molar-refractivity contribution >= 4 is 11.9 Å². The van der Waals surface area contributed by atoms with Crippen LogP contribution in [-0.2, 0) is 6.18 Å². The molecule has 0 radical (unpaired) electrons. The van der Waals surface area contributed by atoms with Gasteiger partial charge in [-0.1, -0.05) is 30.3 Å². The molecule has 0 bridgehead atoms. The summed E-state index contributed by atoms with van der Waals surface area (Å²) in [5.74, 6) is -0.283. The molecule has 0 saturated carbocycles. The van der Waals surface area contributed by atoms with Crippen molar-refractivity contribution in [2.45, 2.75) is 6.18 Å². The monoisotopic (exact) mass is 344 g/mol. The number of ketones is 1. The number of nitrogens with zero attached hydrogens (tertiary/aromatic N) is 4. The molecule has 0 atom stereocenters. The molecule has 1 aromatic heterocycles. The number of hydrogen-bond donors (Lipinski definition) is 0. The van der Waals surface area contributed by atoms with Crippen LogP contribution in [0.2, 0.25) is 0 Å². The first-order valence-corrected chi connectivity index (χ1v) is 7.16. The van der Waals surface area contributed by atoms with E-state index < -0.39 is 11.7 Å². The van der Waals surface area contributed by atoms with Crippen LogP contribution in [0.5, 0.6) is 0 Å². The van der Waals surface area contributed by atoms with Crippen molar-refractivity contribution in [1.82, 2.24) is 20.2 Å². The standard InChI is InChI=1S/C17H11F3N4O/c18-17(19,20)14-7-4-12(5-8-14)6-9-16(25)13-2-1-3-15(10-13)24-11-21-22-23-24/h1-11H/b9-6+. The molecule has 5 nitrogen and oxygen atoms in total. The van der Waals surface area contributed by atoms with E-state index >= 15 is 0 Å². The summed E-state index contributed by atoms with van der Waals surface area (Å²) in [5, 5.41) is 10.8. The molecule has 3 aromatic rings. The van der Waals surface area contributed by atoms with Gasteiger partial charge in [0.1, 0.15) is 6.33 Å². The predicted octanol–water partition coefficient (Wildman–Crippen LogP) is 3.58. The fraction of sp³-hybridized carbons (Fsp3) is 0.0588. The van der Waals surface area contributed by atoms with Crippen LogP contribution in [0.15, 0.2) is 60.9 Å². The third kappa shape index (κ3) is 3.97. The molecule has 8 heteroatoms. The second kappa shape index (κ2) is 6.68. The van der Waals surface area contributed by atoms with Gasteiger partial charge in [0.15, 0.2) is 5.78 Å². The van der Waals surface area contributed by atoms with Gasteiger partial charge in [-0.05, 0) is 46.3 Å². The lowest BCUT2D eigenvalue weighted by molar-refractivity contribution is -0.137. The van der Waals surface area contributed by atoms with Crippen LogP contribution in [0.1, 0.15) is 21.5 Å². The van der Waals surface area contributed by atoms with Gasteiger partial charge in [0.05, 0.1) is 11.3 Å². The zero-order valence-corrected chi connectivity index (χ0v) is 12.7. The number of aromatic nitrogens is 4. The first-order valence-electron chi connectivity index (χ1n) is 7.16. The summed E-state index contributed by atoms with van der Waals surface area (Å²) in [6.45, 7) is 0. The van der Waals surface area contributed by atoms with E-state index in [1.165, 1.54) is 35.3 Å². The third-order valence-corrected chi connectivity index (χ3v) is 3.41. The number of tetrazole rings is 1. The number of benzene rings is 2. The molecule has 0 aliphatic rings. The van der Waals surface area contributed by atoms with E-state index in [2.05, 4.69) is 15.5 Å². The zero-order valence-electron chi connectivity index (χ0n) is 12.7. The molecule has 126 valence electrons. The normalized spacial score (nSPS) is 11.8. The Hall–Kier alpha value is -3.29. The van der Waals surface area contributed by atoms with E-state index in [0.717, 1.165) is 12.1 Å². The quantitative estimate of drug-likeness (QED) is 0.536. The van der Waals surface area contributed by atoms with Crippen molar-refractivity contribution in [3.63, 3.8) is 0 Å². The van der Waals surface area contributed by atoms with Crippen LogP contribution >= 0.6 is 0 Å². The zero-order chi connectivity index (χ0) is 17.9. The lowest BCUT2D eigenvalue weighted by Gasteiger charge is -2.05. The maximum Gasteiger partial charge on any atom is 0.416 e. The lowest BCUT2D eigenvalue weighted by Crippen LogP contribution is -2.04. The van der Waals surface area contributed by atoms with E-state index in [0.29, 0.717) is 16.8 Å². The largest absolute Gasteiger partial charge is 0.416 e. The fourth-order valence-electron chi connectivity index (χ4n) is 2.13. The Labute approximate surface area is 140 Å². The Morgan fingerprint density at radius 1 is 1.08 bits per heavy atom. The molecule has 0 saturated heterocycles. The summed E-state index contributed by atoms with van der Waals surface area (Å²) in [6.07, 6.45) is -0.205. The molecular formula is C17H11F3N4O. The minimum Gasteiger partial charge on any atom is -0.289 e. The van der Waals surface area contributed by atoms with Gasteiger partial charge in [0.2, 0.25) is 0 Å². The number of carbonyl (C=O) groups excluding carboxylic acids is 1. The number of hydrogen-bond acceptors (Lipinski definition) is 4. The molecular weight excluding hydrogens is 333 g/mol. The van der Waals surface area contributed by atoms with Gasteiger partial charge in [0, 0.05) is 5.56 Å². The highest BCUT2D eigenvalue weighted by Crippen LogP contribution is 2.29. The SMILES string of the molecule is O=C(/C=C/c1ccc(C(F)(F)F)cc1)c1cccc(-n2cnnn2)c1. The average molecular weight is 344 g/mol. The van der Waals surface area contributed by atoms with Gasteiger partial charge in [-0.25, -0.2) is 4.68 Å². The molecule has 1 heterocycles. The van der Waals surface area contributed by atoms with E-state index in [9.17, 15) is 18.0 Å². The Bertz CT molecular complexity index is 900. The van der Waals surface area contributed by atoms with E-state index in [-0.39, 0.29) is 5.78 Å². The number of carbonyl (C=O) groups is 1. The number of halogens is 3. The smallest absolute Gasteiger partial charge is 0.289 e. The topological polar surface area (TPSA) is 60.7 Å². The second-order valence-electron chi connectivity index (χ2n) is 5.12. The predicted molar refractivity (Wildman–Crippen MR) is 84.0 cm³/mol. The van der Waals surface area contributed by atoms with Gasteiger partial charge >= 0.3 is 6.18 Å². The van der Waals surface area contributed by atoms with E-state index in [4.69, 9.17) is 0 Å². The van der Waals surface area contributed by atoms with Gasteiger partial charge in [0.25, 0.3) is 0 Å². The van der Waals surface area contributed by atoms with Gasteiger partial charge in [-0.15, -0.1) is 5.10 Å². The molecule has 0 spiro atoms. The number of rotatable bonds is 4. The van der Waals surface area contributed by atoms with Crippen LogP contribution < -0.4 is 0 Å². The molecule has 0 unspecified atom stereocenters. The van der Waals surface area contributed by atoms with Gasteiger partial charge < -0.3 is 0 Å². The van der Waals surface area contributed by atoms with Crippen molar-refractivity contribution in [3.05, 3.63) is 77.6 Å². The Morgan fingerprint density at radius 3 is 2.48 bits per heavy atom. The van der Waals surface area contributed by atoms with Gasteiger partial charge in [-0.3, -0.25) is 4.79 Å². The third-order valence-electron chi connectivity index (χ3n) is 3.41. The summed E-state index contributed by atoms with van der Waals surface area (Å²) >= 11 is 0. The second-order valence-corrected chi connectivity index (χ2v) is 5.12. The summed E-state index contributed by atoms with van der Waals surface area (Å²) in [5.41, 5.74) is 0.804. The molecule has 0 aliphatic carbocycles. The van der Waals surface area contributed by atoms with Crippen molar-refractivity contribution in [1.29, 1.82) is 0 Å². The maximum atomic E-state index is 12.5. The number of alkyl halides is 3. The molecule has 0 fully saturated rings. The molecule has 3 rings (SSSR count). The van der Waals surface area contributed by atoms with Crippen LogP contribution in [0, 0.1) is 0 Å². The van der Waals surface area contributed by atoms with Crippen LogP contribution in [-0.4, -0.2) is 26.0 Å². The first-order chi connectivity index (χ1) is 11.9. The Morgan fingerprint density at radius 2 is 1.84 bits per heavy atom. The highest BCUT2D eigenvalue weighted by Gasteiger charge is 2.29. The average Bonchev–Trinajstić information content (AvgIpc) is 3.14. The highest BCUT2D eigenvalue weighted by atomic mass is 19.4.